The quantitative estimate of drug-likeness (QED) is 0.775. The molecule has 2 rings (SSSR count). The lowest BCUT2D eigenvalue weighted by molar-refractivity contribution is 0.00456. The molecule has 1 N–H and O–H groups in total. The highest BCUT2D eigenvalue weighted by molar-refractivity contribution is 6.32. The second-order valence-corrected chi connectivity index (χ2v) is 6.92. The number of methoxy groups -OCH3 is 3. The van der Waals surface area contributed by atoms with E-state index in [9.17, 15) is 5.11 Å². The van der Waals surface area contributed by atoms with Gasteiger partial charge < -0.3 is 19.3 Å². The van der Waals surface area contributed by atoms with Gasteiger partial charge in [-0.1, -0.05) is 11.6 Å². The molecule has 0 amide bonds. The van der Waals surface area contributed by atoms with Crippen molar-refractivity contribution in [2.75, 3.05) is 47.6 Å². The number of hydrogen-bond donors (Lipinski definition) is 1. The molecule has 1 fully saturated rings. The lowest BCUT2D eigenvalue weighted by atomic mass is 9.78. The van der Waals surface area contributed by atoms with Crippen molar-refractivity contribution in [1.29, 1.82) is 0 Å². The van der Waals surface area contributed by atoms with E-state index in [1.165, 1.54) is 0 Å². The van der Waals surface area contributed by atoms with E-state index in [0.717, 1.165) is 50.2 Å². The molecule has 1 aromatic rings. The van der Waals surface area contributed by atoms with Gasteiger partial charge in [-0.25, -0.2) is 0 Å². The lowest BCUT2D eigenvalue weighted by Gasteiger charge is -2.42. The highest BCUT2D eigenvalue weighted by atomic mass is 35.5. The van der Waals surface area contributed by atoms with Gasteiger partial charge in [-0.15, -0.1) is 0 Å². The summed E-state index contributed by atoms with van der Waals surface area (Å²) in [5.74, 6) is 1.38. The molecule has 6 heteroatoms. The molecule has 1 saturated heterocycles. The first-order chi connectivity index (χ1) is 11.6. The number of ether oxygens (including phenoxy) is 3. The molecule has 0 spiro atoms. The van der Waals surface area contributed by atoms with Gasteiger partial charge in [-0.3, -0.25) is 4.90 Å². The Labute approximate surface area is 149 Å². The third kappa shape index (κ3) is 4.54. The molecule has 5 nitrogen and oxygen atoms in total. The maximum Gasteiger partial charge on any atom is 0.141 e. The number of aliphatic hydroxyl groups excluding tert-OH is 1. The Morgan fingerprint density at radius 3 is 2.58 bits per heavy atom. The standard InChI is InChI=1S/C18H28ClNO4/c1-22-8-6-18(13-21)5-4-7-20(12-18)11-14-9-15(19)17(24-3)10-16(14)23-2/h9-10,21H,4-8,11-13H2,1-3H3/t18-/m1/s1. The van der Waals surface area contributed by atoms with E-state index in [-0.39, 0.29) is 12.0 Å². The van der Waals surface area contributed by atoms with E-state index in [1.54, 1.807) is 21.3 Å². The van der Waals surface area contributed by atoms with E-state index < -0.39 is 0 Å². The molecule has 136 valence electrons. The zero-order valence-electron chi connectivity index (χ0n) is 14.8. The average Bonchev–Trinajstić information content (AvgIpc) is 2.60. The Hall–Kier alpha value is -1.01. The van der Waals surface area contributed by atoms with Gasteiger partial charge in [-0.2, -0.15) is 0 Å². The second kappa shape index (κ2) is 8.90. The summed E-state index contributed by atoms with van der Waals surface area (Å²) >= 11 is 6.27. The molecular formula is C18H28ClNO4. The van der Waals surface area contributed by atoms with Crippen LogP contribution < -0.4 is 9.47 Å². The van der Waals surface area contributed by atoms with Gasteiger partial charge in [0.1, 0.15) is 11.5 Å². The Morgan fingerprint density at radius 1 is 1.21 bits per heavy atom. The third-order valence-corrected chi connectivity index (χ3v) is 5.16. The summed E-state index contributed by atoms with van der Waals surface area (Å²) in [5, 5.41) is 10.5. The van der Waals surface area contributed by atoms with Crippen LogP contribution >= 0.6 is 11.6 Å². The maximum atomic E-state index is 9.92. The highest BCUT2D eigenvalue weighted by Crippen LogP contribution is 2.37. The molecule has 0 bridgehead atoms. The minimum atomic E-state index is -0.0856. The molecule has 0 aromatic heterocycles. The van der Waals surface area contributed by atoms with Crippen molar-refractivity contribution in [2.45, 2.75) is 25.8 Å². The topological polar surface area (TPSA) is 51.2 Å². The minimum Gasteiger partial charge on any atom is -0.496 e. The van der Waals surface area contributed by atoms with Gasteiger partial charge in [0, 0.05) is 43.9 Å². The van der Waals surface area contributed by atoms with Crippen molar-refractivity contribution in [3.63, 3.8) is 0 Å². The first kappa shape index (κ1) is 19.3. The predicted molar refractivity (Wildman–Crippen MR) is 95.1 cm³/mol. The molecule has 1 aliphatic heterocycles. The fourth-order valence-corrected chi connectivity index (χ4v) is 3.73. The number of likely N-dealkylation sites (tertiary alicyclic amines) is 1. The molecule has 0 unspecified atom stereocenters. The fraction of sp³-hybridized carbons (Fsp3) is 0.667. The molecule has 1 atom stereocenters. The third-order valence-electron chi connectivity index (χ3n) is 4.86. The number of aliphatic hydroxyl groups is 1. The normalized spacial score (nSPS) is 21.7. The SMILES string of the molecule is COCC[C@]1(CO)CCCN(Cc2cc(Cl)c(OC)cc2OC)C1. The molecule has 0 saturated carbocycles. The first-order valence-corrected chi connectivity index (χ1v) is 8.68. The van der Waals surface area contributed by atoms with Crippen LogP contribution in [0.4, 0.5) is 0 Å². The molecule has 0 aliphatic carbocycles. The Balaban J connectivity index is 2.14. The number of benzene rings is 1. The van der Waals surface area contributed by atoms with Crippen LogP contribution in [0.5, 0.6) is 11.5 Å². The molecule has 1 heterocycles. The average molecular weight is 358 g/mol. The van der Waals surface area contributed by atoms with Crippen molar-refractivity contribution in [3.8, 4) is 11.5 Å². The van der Waals surface area contributed by atoms with Crippen LogP contribution in [0.3, 0.4) is 0 Å². The summed E-state index contributed by atoms with van der Waals surface area (Å²) < 4.78 is 16.0. The van der Waals surface area contributed by atoms with E-state index in [2.05, 4.69) is 4.90 Å². The maximum absolute atomic E-state index is 9.92. The molecule has 24 heavy (non-hydrogen) atoms. The smallest absolute Gasteiger partial charge is 0.141 e. The van der Waals surface area contributed by atoms with Crippen LogP contribution in [0.1, 0.15) is 24.8 Å². The van der Waals surface area contributed by atoms with Gasteiger partial charge in [0.25, 0.3) is 0 Å². The number of halogens is 1. The van der Waals surface area contributed by atoms with Gasteiger partial charge in [-0.05, 0) is 31.9 Å². The van der Waals surface area contributed by atoms with E-state index in [0.29, 0.717) is 17.4 Å². The second-order valence-electron chi connectivity index (χ2n) is 6.51. The summed E-state index contributed by atoms with van der Waals surface area (Å²) in [6, 6.07) is 3.73. The summed E-state index contributed by atoms with van der Waals surface area (Å²) in [7, 11) is 4.95. The van der Waals surface area contributed by atoms with E-state index in [4.69, 9.17) is 25.8 Å². The summed E-state index contributed by atoms with van der Waals surface area (Å²) in [6.07, 6.45) is 2.97. The van der Waals surface area contributed by atoms with Crippen LogP contribution in [0.15, 0.2) is 12.1 Å². The van der Waals surface area contributed by atoms with Crippen molar-refractivity contribution in [1.82, 2.24) is 4.90 Å². The number of rotatable bonds is 8. The predicted octanol–water partition coefficient (Wildman–Crippen LogP) is 2.97. The largest absolute Gasteiger partial charge is 0.496 e. The minimum absolute atomic E-state index is 0.0856. The van der Waals surface area contributed by atoms with Crippen molar-refractivity contribution in [2.24, 2.45) is 5.41 Å². The number of piperidine rings is 1. The van der Waals surface area contributed by atoms with Gasteiger partial charge >= 0.3 is 0 Å². The molecule has 1 aromatic carbocycles. The highest BCUT2D eigenvalue weighted by Gasteiger charge is 2.34. The van der Waals surface area contributed by atoms with Crippen LogP contribution in [0.2, 0.25) is 5.02 Å². The summed E-state index contributed by atoms with van der Waals surface area (Å²) in [4.78, 5) is 2.36. The summed E-state index contributed by atoms with van der Waals surface area (Å²) in [6.45, 7) is 3.45. The fourth-order valence-electron chi connectivity index (χ4n) is 3.46. The molecule has 0 radical (unpaired) electrons. The number of hydrogen-bond acceptors (Lipinski definition) is 5. The Kier molecular flexibility index (Phi) is 7.16. The van der Waals surface area contributed by atoms with Crippen molar-refractivity contribution in [3.05, 3.63) is 22.7 Å². The van der Waals surface area contributed by atoms with Crippen LogP contribution in [-0.4, -0.2) is 57.6 Å². The summed E-state index contributed by atoms with van der Waals surface area (Å²) in [5.41, 5.74) is 0.946. The monoisotopic (exact) mass is 357 g/mol. The Bertz CT molecular complexity index is 540. The zero-order valence-corrected chi connectivity index (χ0v) is 15.6. The van der Waals surface area contributed by atoms with Crippen molar-refractivity contribution < 1.29 is 19.3 Å². The Morgan fingerprint density at radius 2 is 1.96 bits per heavy atom. The lowest BCUT2D eigenvalue weighted by Crippen LogP contribution is -2.45. The first-order valence-electron chi connectivity index (χ1n) is 8.30. The zero-order chi connectivity index (χ0) is 17.6. The van der Waals surface area contributed by atoms with Gasteiger partial charge in [0.05, 0.1) is 25.8 Å². The number of nitrogens with zero attached hydrogens (tertiary/aromatic N) is 1. The molecule has 1 aliphatic rings. The van der Waals surface area contributed by atoms with E-state index in [1.807, 2.05) is 12.1 Å². The van der Waals surface area contributed by atoms with Crippen LogP contribution in [-0.2, 0) is 11.3 Å². The van der Waals surface area contributed by atoms with Crippen LogP contribution in [0, 0.1) is 5.41 Å². The van der Waals surface area contributed by atoms with Crippen molar-refractivity contribution >= 4 is 11.6 Å². The van der Waals surface area contributed by atoms with Gasteiger partial charge in [0.15, 0.2) is 0 Å². The van der Waals surface area contributed by atoms with E-state index >= 15 is 0 Å². The van der Waals surface area contributed by atoms with Gasteiger partial charge in [0.2, 0.25) is 0 Å². The molecular weight excluding hydrogens is 330 g/mol. The van der Waals surface area contributed by atoms with Crippen LogP contribution in [0.25, 0.3) is 0 Å².